The van der Waals surface area contributed by atoms with Crippen LogP contribution in [0.15, 0.2) is 52.9 Å². The molecule has 1 fully saturated rings. The van der Waals surface area contributed by atoms with E-state index in [1.54, 1.807) is 12.1 Å². The Morgan fingerprint density at radius 2 is 1.71 bits per heavy atom. The molecule has 144 valence electrons. The predicted octanol–water partition coefficient (Wildman–Crippen LogP) is 5.10. The first-order chi connectivity index (χ1) is 13.7. The molecule has 0 saturated heterocycles. The van der Waals surface area contributed by atoms with Crippen molar-refractivity contribution in [2.24, 2.45) is 0 Å². The Morgan fingerprint density at radius 3 is 2.43 bits per heavy atom. The SMILES string of the molecule is O=C(Nc1nnc(Cc2ccc(F)cc2)o1)c1ccc(C2CCCCC2)cc1. The third kappa shape index (κ3) is 4.44. The largest absolute Gasteiger partial charge is 0.407 e. The summed E-state index contributed by atoms with van der Waals surface area (Å²) in [6, 6.07) is 13.9. The van der Waals surface area contributed by atoms with E-state index in [2.05, 4.69) is 15.5 Å². The first-order valence-corrected chi connectivity index (χ1v) is 9.65. The van der Waals surface area contributed by atoms with E-state index in [1.807, 2.05) is 24.3 Å². The van der Waals surface area contributed by atoms with E-state index in [9.17, 15) is 9.18 Å². The van der Waals surface area contributed by atoms with Crippen LogP contribution in [0.5, 0.6) is 0 Å². The minimum absolute atomic E-state index is 0.0541. The summed E-state index contributed by atoms with van der Waals surface area (Å²) in [6.07, 6.45) is 6.72. The lowest BCUT2D eigenvalue weighted by molar-refractivity contribution is 0.102. The number of nitrogens with zero attached hydrogens (tertiary/aromatic N) is 2. The maximum absolute atomic E-state index is 13.0. The van der Waals surface area contributed by atoms with Crippen LogP contribution in [0.25, 0.3) is 0 Å². The van der Waals surface area contributed by atoms with Gasteiger partial charge in [0.15, 0.2) is 0 Å². The number of hydrogen-bond donors (Lipinski definition) is 1. The van der Waals surface area contributed by atoms with Crippen molar-refractivity contribution in [1.82, 2.24) is 10.2 Å². The molecular weight excluding hydrogens is 357 g/mol. The lowest BCUT2D eigenvalue weighted by Gasteiger charge is -2.21. The monoisotopic (exact) mass is 379 g/mol. The normalized spacial score (nSPS) is 14.8. The van der Waals surface area contributed by atoms with Gasteiger partial charge in [-0.1, -0.05) is 48.6 Å². The number of halogens is 1. The van der Waals surface area contributed by atoms with Gasteiger partial charge in [0.25, 0.3) is 5.91 Å². The molecule has 0 spiro atoms. The molecule has 2 aromatic carbocycles. The van der Waals surface area contributed by atoms with Crippen molar-refractivity contribution >= 4 is 11.9 Å². The molecule has 1 aromatic heterocycles. The minimum Gasteiger partial charge on any atom is -0.407 e. The number of anilines is 1. The highest BCUT2D eigenvalue weighted by Crippen LogP contribution is 2.32. The number of aromatic nitrogens is 2. The number of amides is 1. The van der Waals surface area contributed by atoms with Gasteiger partial charge in [0.05, 0.1) is 6.42 Å². The molecule has 1 aliphatic rings. The fourth-order valence-electron chi connectivity index (χ4n) is 3.66. The Labute approximate surface area is 163 Å². The van der Waals surface area contributed by atoms with E-state index in [0.717, 1.165) is 5.56 Å². The third-order valence-corrected chi connectivity index (χ3v) is 5.21. The molecule has 0 bridgehead atoms. The molecule has 3 aromatic rings. The lowest BCUT2D eigenvalue weighted by atomic mass is 9.84. The number of hydrogen-bond acceptors (Lipinski definition) is 4. The summed E-state index contributed by atoms with van der Waals surface area (Å²) in [5.41, 5.74) is 2.70. The van der Waals surface area contributed by atoms with Gasteiger partial charge < -0.3 is 4.42 Å². The molecule has 28 heavy (non-hydrogen) atoms. The highest BCUT2D eigenvalue weighted by Gasteiger charge is 2.17. The van der Waals surface area contributed by atoms with Gasteiger partial charge >= 0.3 is 6.01 Å². The number of benzene rings is 2. The summed E-state index contributed by atoms with van der Waals surface area (Å²) in [5.74, 6) is 0.384. The van der Waals surface area contributed by atoms with E-state index < -0.39 is 0 Å². The number of carbonyl (C=O) groups is 1. The molecule has 1 N–H and O–H groups in total. The highest BCUT2D eigenvalue weighted by atomic mass is 19.1. The molecule has 1 amide bonds. The van der Waals surface area contributed by atoms with Crippen LogP contribution in [-0.4, -0.2) is 16.1 Å². The number of carbonyl (C=O) groups excluding carboxylic acids is 1. The number of rotatable bonds is 5. The van der Waals surface area contributed by atoms with Crippen LogP contribution < -0.4 is 5.32 Å². The van der Waals surface area contributed by atoms with Gasteiger partial charge in [0.1, 0.15) is 5.82 Å². The van der Waals surface area contributed by atoms with Crippen molar-refractivity contribution in [3.8, 4) is 0 Å². The summed E-state index contributed by atoms with van der Waals surface area (Å²) in [6.45, 7) is 0. The van der Waals surface area contributed by atoms with Gasteiger partial charge in [-0.25, -0.2) is 4.39 Å². The second-order valence-corrected chi connectivity index (χ2v) is 7.22. The quantitative estimate of drug-likeness (QED) is 0.670. The van der Waals surface area contributed by atoms with Gasteiger partial charge in [-0.2, -0.15) is 0 Å². The standard InChI is InChI=1S/C22H22FN3O2/c23-19-12-6-15(7-13-19)14-20-25-26-22(28-20)24-21(27)18-10-8-17(9-11-18)16-4-2-1-3-5-16/h6-13,16H,1-5,14H2,(H,24,26,27). The van der Waals surface area contributed by atoms with Gasteiger partial charge in [0.2, 0.25) is 5.89 Å². The number of nitrogens with one attached hydrogen (secondary N) is 1. The predicted molar refractivity (Wildman–Crippen MR) is 104 cm³/mol. The van der Waals surface area contributed by atoms with E-state index in [-0.39, 0.29) is 17.7 Å². The molecule has 1 heterocycles. The Kier molecular flexibility index (Phi) is 5.46. The van der Waals surface area contributed by atoms with E-state index in [0.29, 0.717) is 23.8 Å². The Balaban J connectivity index is 1.37. The van der Waals surface area contributed by atoms with Crippen LogP contribution in [0, 0.1) is 5.82 Å². The second-order valence-electron chi connectivity index (χ2n) is 7.22. The smallest absolute Gasteiger partial charge is 0.322 e. The van der Waals surface area contributed by atoms with Crippen LogP contribution >= 0.6 is 0 Å². The average Bonchev–Trinajstić information content (AvgIpc) is 3.17. The third-order valence-electron chi connectivity index (χ3n) is 5.21. The lowest BCUT2D eigenvalue weighted by Crippen LogP contribution is -2.12. The van der Waals surface area contributed by atoms with Crippen molar-refractivity contribution in [3.05, 3.63) is 76.9 Å². The second kappa shape index (κ2) is 8.33. The summed E-state index contributed by atoms with van der Waals surface area (Å²) in [7, 11) is 0. The Bertz CT molecular complexity index is 929. The average molecular weight is 379 g/mol. The van der Waals surface area contributed by atoms with E-state index in [4.69, 9.17) is 4.42 Å². The topological polar surface area (TPSA) is 68.0 Å². The van der Waals surface area contributed by atoms with Crippen LogP contribution in [-0.2, 0) is 6.42 Å². The molecule has 0 unspecified atom stereocenters. The fraction of sp³-hybridized carbons (Fsp3) is 0.318. The van der Waals surface area contributed by atoms with E-state index >= 15 is 0 Å². The summed E-state index contributed by atoms with van der Waals surface area (Å²) < 4.78 is 18.4. The molecule has 1 aliphatic carbocycles. The highest BCUT2D eigenvalue weighted by molar-refractivity contribution is 6.03. The molecule has 1 saturated carbocycles. The molecule has 0 radical (unpaired) electrons. The summed E-state index contributed by atoms with van der Waals surface area (Å²) in [4.78, 5) is 12.4. The van der Waals surface area contributed by atoms with Gasteiger partial charge in [-0.3, -0.25) is 10.1 Å². The Morgan fingerprint density at radius 1 is 1.00 bits per heavy atom. The maximum atomic E-state index is 13.0. The first kappa shape index (κ1) is 18.3. The zero-order valence-electron chi connectivity index (χ0n) is 15.5. The summed E-state index contributed by atoms with van der Waals surface area (Å²) in [5, 5.41) is 10.4. The molecule has 0 atom stereocenters. The van der Waals surface area contributed by atoms with Crippen LogP contribution in [0.4, 0.5) is 10.4 Å². The van der Waals surface area contributed by atoms with Crippen LogP contribution in [0.3, 0.4) is 0 Å². The fourth-order valence-corrected chi connectivity index (χ4v) is 3.66. The zero-order valence-corrected chi connectivity index (χ0v) is 15.5. The minimum atomic E-state index is -0.295. The van der Waals surface area contributed by atoms with Crippen molar-refractivity contribution in [3.63, 3.8) is 0 Å². The molecule has 5 nitrogen and oxygen atoms in total. The molecular formula is C22H22FN3O2. The summed E-state index contributed by atoms with van der Waals surface area (Å²) >= 11 is 0. The molecule has 0 aliphatic heterocycles. The van der Waals surface area contributed by atoms with Crippen molar-refractivity contribution in [1.29, 1.82) is 0 Å². The van der Waals surface area contributed by atoms with Crippen LogP contribution in [0.1, 0.15) is 65.4 Å². The van der Waals surface area contributed by atoms with Crippen molar-refractivity contribution < 1.29 is 13.6 Å². The van der Waals surface area contributed by atoms with Crippen molar-refractivity contribution in [2.75, 3.05) is 5.32 Å². The van der Waals surface area contributed by atoms with Gasteiger partial charge in [0, 0.05) is 5.56 Å². The maximum Gasteiger partial charge on any atom is 0.322 e. The van der Waals surface area contributed by atoms with Crippen molar-refractivity contribution in [2.45, 2.75) is 44.4 Å². The van der Waals surface area contributed by atoms with Gasteiger partial charge in [-0.05, 0) is 54.2 Å². The van der Waals surface area contributed by atoms with Gasteiger partial charge in [-0.15, -0.1) is 5.10 Å². The van der Waals surface area contributed by atoms with E-state index in [1.165, 1.54) is 49.8 Å². The zero-order chi connectivity index (χ0) is 19.3. The Hall–Kier alpha value is -3.02. The van der Waals surface area contributed by atoms with Crippen LogP contribution in [0.2, 0.25) is 0 Å². The molecule has 6 heteroatoms. The first-order valence-electron chi connectivity index (χ1n) is 9.65. The molecule has 4 rings (SSSR count).